The summed E-state index contributed by atoms with van der Waals surface area (Å²) in [7, 11) is 0. The van der Waals surface area contributed by atoms with Gasteiger partial charge in [0.25, 0.3) is 0 Å². The molecule has 0 spiro atoms. The van der Waals surface area contributed by atoms with Crippen molar-refractivity contribution in [3.8, 4) is 0 Å². The summed E-state index contributed by atoms with van der Waals surface area (Å²) in [5.41, 5.74) is 0.462. The first-order valence-electron chi connectivity index (χ1n) is 7.06. The Bertz CT molecular complexity index is 193. The highest BCUT2D eigenvalue weighted by atomic mass is 15.2. The van der Waals surface area contributed by atoms with Gasteiger partial charge in [-0.2, -0.15) is 0 Å². The maximum Gasteiger partial charge on any atom is 0.00676 e. The van der Waals surface area contributed by atoms with Crippen LogP contribution >= 0.6 is 0 Å². The van der Waals surface area contributed by atoms with Crippen LogP contribution in [0.25, 0.3) is 0 Å². The van der Waals surface area contributed by atoms with Crippen LogP contribution in [0, 0.1) is 5.41 Å². The molecule has 0 aromatic heterocycles. The molecule has 0 bridgehead atoms. The molecule has 2 nitrogen and oxygen atoms in total. The maximum absolute atomic E-state index is 3.54. The van der Waals surface area contributed by atoms with E-state index in [1.54, 1.807) is 0 Å². The molecule has 1 heterocycles. The van der Waals surface area contributed by atoms with E-state index < -0.39 is 0 Å². The standard InChI is InChI=1S/C14H30N2/c1-5-9-14(4,11-15-6-2)12-16-10-7-8-13(16)3/h13,15H,5-12H2,1-4H3. The molecule has 2 heteroatoms. The van der Waals surface area contributed by atoms with Gasteiger partial charge in [0.05, 0.1) is 0 Å². The van der Waals surface area contributed by atoms with Crippen LogP contribution in [0.3, 0.4) is 0 Å². The molecular weight excluding hydrogens is 196 g/mol. The molecule has 1 saturated heterocycles. The Morgan fingerprint density at radius 2 is 2.12 bits per heavy atom. The summed E-state index contributed by atoms with van der Waals surface area (Å²) in [6.07, 6.45) is 5.42. The zero-order chi connectivity index (χ0) is 12.0. The van der Waals surface area contributed by atoms with Crippen LogP contribution < -0.4 is 5.32 Å². The first kappa shape index (κ1) is 14.0. The lowest BCUT2D eigenvalue weighted by molar-refractivity contribution is 0.145. The van der Waals surface area contributed by atoms with Crippen LogP contribution in [-0.4, -0.2) is 37.1 Å². The van der Waals surface area contributed by atoms with Crippen molar-refractivity contribution in [1.29, 1.82) is 0 Å². The smallest absolute Gasteiger partial charge is 0.00676 e. The molecule has 2 atom stereocenters. The van der Waals surface area contributed by atoms with Gasteiger partial charge in [-0.05, 0) is 44.7 Å². The Morgan fingerprint density at radius 3 is 2.62 bits per heavy atom. The van der Waals surface area contributed by atoms with Gasteiger partial charge in [-0.25, -0.2) is 0 Å². The lowest BCUT2D eigenvalue weighted by Crippen LogP contribution is -2.43. The first-order chi connectivity index (χ1) is 7.61. The minimum absolute atomic E-state index is 0.462. The summed E-state index contributed by atoms with van der Waals surface area (Å²) < 4.78 is 0. The Kier molecular flexibility index (Phi) is 5.77. The molecule has 1 N–H and O–H groups in total. The molecule has 16 heavy (non-hydrogen) atoms. The molecule has 1 aliphatic rings. The summed E-state index contributed by atoms with van der Waals surface area (Å²) >= 11 is 0. The van der Waals surface area contributed by atoms with Crippen molar-refractivity contribution in [3.05, 3.63) is 0 Å². The lowest BCUT2D eigenvalue weighted by Gasteiger charge is -2.36. The van der Waals surface area contributed by atoms with Gasteiger partial charge in [0.15, 0.2) is 0 Å². The zero-order valence-corrected chi connectivity index (χ0v) is 11.7. The molecule has 0 radical (unpaired) electrons. The van der Waals surface area contributed by atoms with Gasteiger partial charge in [0, 0.05) is 19.1 Å². The Labute approximate surface area is 102 Å². The van der Waals surface area contributed by atoms with Gasteiger partial charge in [-0.15, -0.1) is 0 Å². The van der Waals surface area contributed by atoms with Gasteiger partial charge in [-0.3, -0.25) is 0 Å². The second-order valence-corrected chi connectivity index (χ2v) is 5.80. The lowest BCUT2D eigenvalue weighted by atomic mass is 9.84. The van der Waals surface area contributed by atoms with Gasteiger partial charge in [0.2, 0.25) is 0 Å². The van der Waals surface area contributed by atoms with Gasteiger partial charge < -0.3 is 10.2 Å². The van der Waals surface area contributed by atoms with E-state index >= 15 is 0 Å². The fourth-order valence-electron chi connectivity index (χ4n) is 2.97. The fourth-order valence-corrected chi connectivity index (χ4v) is 2.97. The molecule has 1 aliphatic heterocycles. The van der Waals surface area contributed by atoms with E-state index in [2.05, 4.69) is 37.9 Å². The Hall–Kier alpha value is -0.0800. The zero-order valence-electron chi connectivity index (χ0n) is 11.7. The van der Waals surface area contributed by atoms with Crippen molar-refractivity contribution >= 4 is 0 Å². The predicted molar refractivity (Wildman–Crippen MR) is 71.8 cm³/mol. The molecule has 2 unspecified atom stereocenters. The molecule has 0 saturated carbocycles. The Balaban J connectivity index is 2.48. The second-order valence-electron chi connectivity index (χ2n) is 5.80. The van der Waals surface area contributed by atoms with Crippen molar-refractivity contribution in [2.75, 3.05) is 26.2 Å². The van der Waals surface area contributed by atoms with Crippen LogP contribution in [0.5, 0.6) is 0 Å². The Morgan fingerprint density at radius 1 is 1.38 bits per heavy atom. The highest BCUT2D eigenvalue weighted by Crippen LogP contribution is 2.28. The van der Waals surface area contributed by atoms with Crippen molar-refractivity contribution in [3.63, 3.8) is 0 Å². The third-order valence-corrected chi connectivity index (χ3v) is 3.93. The summed E-state index contributed by atoms with van der Waals surface area (Å²) in [4.78, 5) is 2.69. The van der Waals surface area contributed by atoms with Crippen molar-refractivity contribution in [1.82, 2.24) is 10.2 Å². The fraction of sp³-hybridized carbons (Fsp3) is 1.00. The summed E-state index contributed by atoms with van der Waals surface area (Å²) in [6, 6.07) is 0.804. The molecule has 0 aromatic rings. The third kappa shape index (κ3) is 4.06. The third-order valence-electron chi connectivity index (χ3n) is 3.93. The molecule has 1 rings (SSSR count). The van der Waals surface area contributed by atoms with E-state index in [4.69, 9.17) is 0 Å². The maximum atomic E-state index is 3.54. The average Bonchev–Trinajstić information content (AvgIpc) is 2.62. The second kappa shape index (κ2) is 6.61. The number of likely N-dealkylation sites (tertiary alicyclic amines) is 1. The van der Waals surface area contributed by atoms with E-state index in [0.717, 1.165) is 12.6 Å². The van der Waals surface area contributed by atoms with Crippen LogP contribution in [-0.2, 0) is 0 Å². The van der Waals surface area contributed by atoms with Crippen molar-refractivity contribution < 1.29 is 0 Å². The van der Waals surface area contributed by atoms with Crippen LogP contribution in [0.15, 0.2) is 0 Å². The number of hydrogen-bond donors (Lipinski definition) is 1. The highest BCUT2D eigenvalue weighted by Gasteiger charge is 2.30. The molecule has 96 valence electrons. The molecule has 0 amide bonds. The predicted octanol–water partition coefficient (Wildman–Crippen LogP) is 2.89. The van der Waals surface area contributed by atoms with E-state index in [1.807, 2.05) is 0 Å². The average molecular weight is 226 g/mol. The first-order valence-corrected chi connectivity index (χ1v) is 7.06. The highest BCUT2D eigenvalue weighted by molar-refractivity contribution is 4.85. The molecule has 0 aromatic carbocycles. The van der Waals surface area contributed by atoms with Crippen LogP contribution in [0.2, 0.25) is 0 Å². The molecule has 1 fully saturated rings. The van der Waals surface area contributed by atoms with Gasteiger partial charge >= 0.3 is 0 Å². The van der Waals surface area contributed by atoms with Crippen molar-refractivity contribution in [2.45, 2.75) is 59.4 Å². The van der Waals surface area contributed by atoms with Gasteiger partial charge in [0.1, 0.15) is 0 Å². The van der Waals surface area contributed by atoms with Gasteiger partial charge in [-0.1, -0.05) is 27.2 Å². The summed E-state index contributed by atoms with van der Waals surface area (Å²) in [5, 5.41) is 3.54. The van der Waals surface area contributed by atoms with E-state index in [-0.39, 0.29) is 0 Å². The quantitative estimate of drug-likeness (QED) is 0.718. The normalized spacial score (nSPS) is 25.9. The van der Waals surface area contributed by atoms with Crippen LogP contribution in [0.1, 0.15) is 53.4 Å². The monoisotopic (exact) mass is 226 g/mol. The minimum atomic E-state index is 0.462. The summed E-state index contributed by atoms with van der Waals surface area (Å²) in [5.74, 6) is 0. The van der Waals surface area contributed by atoms with E-state index in [9.17, 15) is 0 Å². The van der Waals surface area contributed by atoms with Crippen molar-refractivity contribution in [2.24, 2.45) is 5.41 Å². The summed E-state index contributed by atoms with van der Waals surface area (Å²) in [6.45, 7) is 14.2. The number of nitrogens with zero attached hydrogens (tertiary/aromatic N) is 1. The topological polar surface area (TPSA) is 15.3 Å². The molecule has 0 aliphatic carbocycles. The number of hydrogen-bond acceptors (Lipinski definition) is 2. The molecular formula is C14H30N2. The SMILES string of the molecule is CCCC(C)(CNCC)CN1CCCC1C. The van der Waals surface area contributed by atoms with E-state index in [1.165, 1.54) is 45.3 Å². The minimum Gasteiger partial charge on any atom is -0.316 e. The largest absolute Gasteiger partial charge is 0.316 e. The number of rotatable bonds is 7. The van der Waals surface area contributed by atoms with Crippen LogP contribution in [0.4, 0.5) is 0 Å². The number of nitrogens with one attached hydrogen (secondary N) is 1. The van der Waals surface area contributed by atoms with E-state index in [0.29, 0.717) is 5.41 Å².